The van der Waals surface area contributed by atoms with Crippen LogP contribution in [0, 0.1) is 5.82 Å². The van der Waals surface area contributed by atoms with Crippen molar-refractivity contribution in [1.29, 1.82) is 0 Å². The summed E-state index contributed by atoms with van der Waals surface area (Å²) in [6.07, 6.45) is 6.98. The largest absolute Gasteiger partial charge is 0.377 e. The predicted octanol–water partition coefficient (Wildman–Crippen LogP) is 1.28. The molecule has 0 aliphatic carbocycles. The van der Waals surface area contributed by atoms with Crippen molar-refractivity contribution < 1.29 is 18.7 Å². The predicted molar refractivity (Wildman–Crippen MR) is 125 cm³/mol. The Kier molecular flexibility index (Phi) is 5.75. The maximum atomic E-state index is 13.4. The van der Waals surface area contributed by atoms with Crippen molar-refractivity contribution in [3.8, 4) is 0 Å². The second-order valence-corrected chi connectivity index (χ2v) is 9.38. The fourth-order valence-corrected chi connectivity index (χ4v) is 4.76. The molecule has 3 aromatic heterocycles. The number of hydrogen-bond donors (Lipinski definition) is 2. The van der Waals surface area contributed by atoms with Crippen LogP contribution < -0.4 is 10.2 Å². The summed E-state index contributed by atoms with van der Waals surface area (Å²) in [6, 6.07) is -0.689. The molecule has 2 fully saturated rings. The number of halogens is 1. The van der Waals surface area contributed by atoms with E-state index in [4.69, 9.17) is 9.72 Å². The Morgan fingerprint density at radius 3 is 2.86 bits per heavy atom. The zero-order valence-electron chi connectivity index (χ0n) is 19.6. The molecule has 2 aliphatic heterocycles. The van der Waals surface area contributed by atoms with Crippen molar-refractivity contribution in [3.05, 3.63) is 48.8 Å². The van der Waals surface area contributed by atoms with Crippen LogP contribution in [0.3, 0.4) is 0 Å². The molecule has 2 amide bonds. The molecule has 0 spiro atoms. The van der Waals surface area contributed by atoms with Crippen molar-refractivity contribution in [2.45, 2.75) is 31.5 Å². The van der Waals surface area contributed by atoms with Gasteiger partial charge in [0.25, 0.3) is 5.91 Å². The Balaban J connectivity index is 1.35. The number of aromatic nitrogens is 5. The van der Waals surface area contributed by atoms with Crippen LogP contribution >= 0.6 is 0 Å². The highest BCUT2D eigenvalue weighted by Crippen LogP contribution is 2.27. The summed E-state index contributed by atoms with van der Waals surface area (Å²) in [4.78, 5) is 41.4. The number of piperazine rings is 1. The van der Waals surface area contributed by atoms with E-state index in [1.807, 2.05) is 13.8 Å². The smallest absolute Gasteiger partial charge is 0.255 e. The molecule has 0 radical (unpaired) electrons. The van der Waals surface area contributed by atoms with E-state index < -0.39 is 11.4 Å². The number of fused-ring (bicyclic) bond motifs is 1. The molecule has 2 saturated heterocycles. The van der Waals surface area contributed by atoms with E-state index in [-0.39, 0.29) is 23.9 Å². The Bertz CT molecular complexity index is 1280. The molecule has 3 aromatic rings. The molecule has 0 aromatic carbocycles. The average molecular weight is 483 g/mol. The Morgan fingerprint density at radius 2 is 2.14 bits per heavy atom. The van der Waals surface area contributed by atoms with Gasteiger partial charge in [-0.15, -0.1) is 0 Å². The fourth-order valence-electron chi connectivity index (χ4n) is 4.76. The Labute approximate surface area is 201 Å². The van der Waals surface area contributed by atoms with Gasteiger partial charge in [-0.1, -0.05) is 6.58 Å². The van der Waals surface area contributed by atoms with E-state index in [1.54, 1.807) is 17.3 Å². The van der Waals surface area contributed by atoms with Crippen LogP contribution in [0.25, 0.3) is 11.2 Å². The number of carbonyl (C=O) groups excluding carboxylic acids is 2. The topological polar surface area (TPSA) is 121 Å². The van der Waals surface area contributed by atoms with Crippen LogP contribution in [0.2, 0.25) is 0 Å². The first-order valence-corrected chi connectivity index (χ1v) is 11.4. The van der Waals surface area contributed by atoms with Crippen molar-refractivity contribution in [2.75, 3.05) is 37.7 Å². The molecule has 2 atom stereocenters. The zero-order chi connectivity index (χ0) is 24.7. The number of anilines is 1. The number of nitrogens with zero attached hydrogens (tertiary/aromatic N) is 6. The molecule has 1 unspecified atom stereocenters. The summed E-state index contributed by atoms with van der Waals surface area (Å²) < 4.78 is 20.4. The number of ether oxygens (including phenoxy) is 1. The average Bonchev–Trinajstić information content (AvgIpc) is 3.56. The van der Waals surface area contributed by atoms with Crippen molar-refractivity contribution in [1.82, 2.24) is 34.9 Å². The van der Waals surface area contributed by atoms with Crippen molar-refractivity contribution in [3.63, 3.8) is 0 Å². The van der Waals surface area contributed by atoms with E-state index >= 15 is 0 Å². The molecule has 35 heavy (non-hydrogen) atoms. The van der Waals surface area contributed by atoms with E-state index in [9.17, 15) is 14.0 Å². The lowest BCUT2D eigenvalue weighted by Gasteiger charge is -2.47. The first kappa shape index (κ1) is 23.0. The van der Waals surface area contributed by atoms with Gasteiger partial charge in [0.2, 0.25) is 5.91 Å². The summed E-state index contributed by atoms with van der Waals surface area (Å²) in [5.74, 6) is -0.260. The van der Waals surface area contributed by atoms with Crippen molar-refractivity contribution >= 4 is 28.8 Å². The number of hydrogen-bond acceptors (Lipinski definition) is 7. The van der Waals surface area contributed by atoms with Crippen LogP contribution in [0.1, 0.15) is 30.2 Å². The summed E-state index contributed by atoms with van der Waals surface area (Å²) in [7, 11) is 0. The minimum Gasteiger partial charge on any atom is -0.377 e. The highest BCUT2D eigenvalue weighted by Gasteiger charge is 2.37. The monoisotopic (exact) mass is 482 g/mol. The molecule has 2 aliphatic rings. The van der Waals surface area contributed by atoms with E-state index in [2.05, 4.69) is 31.9 Å². The van der Waals surface area contributed by atoms with Gasteiger partial charge in [-0.2, -0.15) is 5.10 Å². The van der Waals surface area contributed by atoms with Crippen molar-refractivity contribution in [2.24, 2.45) is 0 Å². The SMILES string of the molecule is C=CC(=O)N1CCN(c2cnc3[nH]cc(C(=O)N[C@@H]4COCC4n4cc(F)cn4)c3n2)CC1(C)C. The molecule has 184 valence electrons. The van der Waals surface area contributed by atoms with Gasteiger partial charge in [-0.3, -0.25) is 14.3 Å². The number of rotatable bonds is 5. The maximum Gasteiger partial charge on any atom is 0.255 e. The normalized spacial score (nSPS) is 21.9. The third-order valence-electron chi connectivity index (χ3n) is 6.56. The van der Waals surface area contributed by atoms with Crippen LogP contribution in [0.5, 0.6) is 0 Å². The highest BCUT2D eigenvalue weighted by atomic mass is 19.1. The number of amides is 2. The van der Waals surface area contributed by atoms with Crippen LogP contribution in [-0.2, 0) is 9.53 Å². The summed E-state index contributed by atoms with van der Waals surface area (Å²) in [6.45, 7) is 9.85. The van der Waals surface area contributed by atoms with Crippen LogP contribution in [0.15, 0.2) is 37.4 Å². The Hall–Kier alpha value is -3.80. The lowest BCUT2D eigenvalue weighted by molar-refractivity contribution is -0.131. The minimum absolute atomic E-state index is 0.104. The molecule has 5 heterocycles. The van der Waals surface area contributed by atoms with Gasteiger partial charge < -0.3 is 24.8 Å². The second-order valence-electron chi connectivity index (χ2n) is 9.38. The van der Waals surface area contributed by atoms with Gasteiger partial charge in [0.1, 0.15) is 11.3 Å². The first-order chi connectivity index (χ1) is 16.8. The quantitative estimate of drug-likeness (QED) is 0.526. The Morgan fingerprint density at radius 1 is 1.31 bits per heavy atom. The number of aromatic amines is 1. The molecular weight excluding hydrogens is 455 g/mol. The number of nitrogens with one attached hydrogen (secondary N) is 2. The van der Waals surface area contributed by atoms with E-state index in [1.165, 1.54) is 17.0 Å². The fraction of sp³-hybridized carbons (Fsp3) is 0.435. The number of H-pyrrole nitrogens is 1. The first-order valence-electron chi connectivity index (χ1n) is 11.4. The standard InChI is InChI=1S/C23H27FN8O3/c1-4-19(33)31-6-5-30(13-23(31,2)3)18-9-26-21-20(29-18)15(8-25-21)22(34)28-16-11-35-12-17(16)32-10-14(24)7-27-32/h4,7-10,16-17H,1,5-6,11-13H2,2-3H3,(H,25,26)(H,28,34)/t16-,17?/m1/s1. The molecule has 2 N–H and O–H groups in total. The van der Waals surface area contributed by atoms with Gasteiger partial charge in [0, 0.05) is 25.8 Å². The summed E-state index contributed by atoms with van der Waals surface area (Å²) >= 11 is 0. The van der Waals surface area contributed by atoms with Crippen LogP contribution in [-0.4, -0.2) is 85.9 Å². The molecule has 0 saturated carbocycles. The molecular formula is C23H27FN8O3. The zero-order valence-corrected chi connectivity index (χ0v) is 19.6. The molecule has 5 rings (SSSR count). The highest BCUT2D eigenvalue weighted by molar-refractivity contribution is 6.04. The van der Waals surface area contributed by atoms with Gasteiger partial charge in [-0.05, 0) is 19.9 Å². The molecule has 0 bridgehead atoms. The lowest BCUT2D eigenvalue weighted by atomic mass is 9.98. The maximum absolute atomic E-state index is 13.4. The third-order valence-corrected chi connectivity index (χ3v) is 6.56. The minimum atomic E-state index is -0.445. The summed E-state index contributed by atoms with van der Waals surface area (Å²) in [5, 5.41) is 6.98. The number of carbonyl (C=O) groups is 2. The lowest BCUT2D eigenvalue weighted by Crippen LogP contribution is -2.61. The van der Waals surface area contributed by atoms with Gasteiger partial charge >= 0.3 is 0 Å². The van der Waals surface area contributed by atoms with Gasteiger partial charge in [0.05, 0.1) is 55.0 Å². The molecule has 11 nitrogen and oxygen atoms in total. The second kappa shape index (κ2) is 8.77. The van der Waals surface area contributed by atoms with Crippen LogP contribution in [0.4, 0.5) is 10.2 Å². The van der Waals surface area contributed by atoms with Gasteiger partial charge in [0.15, 0.2) is 11.5 Å². The van der Waals surface area contributed by atoms with E-state index in [0.717, 1.165) is 6.20 Å². The molecule has 12 heteroatoms. The third kappa shape index (κ3) is 4.25. The summed E-state index contributed by atoms with van der Waals surface area (Å²) in [5.41, 5.74) is 0.864. The van der Waals surface area contributed by atoms with E-state index in [0.29, 0.717) is 55.4 Å². The van der Waals surface area contributed by atoms with Gasteiger partial charge in [-0.25, -0.2) is 14.4 Å².